The van der Waals surface area contributed by atoms with Crippen molar-refractivity contribution in [2.75, 3.05) is 18.8 Å². The molecule has 1 aromatic heterocycles. The summed E-state index contributed by atoms with van der Waals surface area (Å²) < 4.78 is 0. The number of carbonyl (C=O) groups excluding carboxylic acids is 1. The van der Waals surface area contributed by atoms with Crippen LogP contribution in [-0.2, 0) is 0 Å². The van der Waals surface area contributed by atoms with Crippen LogP contribution in [0.2, 0.25) is 0 Å². The van der Waals surface area contributed by atoms with Gasteiger partial charge in [-0.1, -0.05) is 30.3 Å². The van der Waals surface area contributed by atoms with Gasteiger partial charge in [0.15, 0.2) is 0 Å². The average Bonchev–Trinajstić information content (AvgIpc) is 2.98. The molecular formula is C16H17N3O. The molecule has 0 radical (unpaired) electrons. The predicted octanol–water partition coefficient (Wildman–Crippen LogP) is 2.29. The van der Waals surface area contributed by atoms with Crippen LogP contribution in [-0.4, -0.2) is 28.9 Å². The van der Waals surface area contributed by atoms with E-state index < -0.39 is 0 Å². The van der Waals surface area contributed by atoms with Crippen LogP contribution >= 0.6 is 0 Å². The van der Waals surface area contributed by atoms with Gasteiger partial charge in [-0.25, -0.2) is 4.98 Å². The number of likely N-dealkylation sites (tertiary alicyclic amines) is 1. The van der Waals surface area contributed by atoms with Gasteiger partial charge in [-0.05, 0) is 24.1 Å². The van der Waals surface area contributed by atoms with Crippen molar-refractivity contribution in [3.05, 3.63) is 59.8 Å². The maximum Gasteiger partial charge on any atom is 0.255 e. The first-order valence-corrected chi connectivity index (χ1v) is 6.80. The van der Waals surface area contributed by atoms with Gasteiger partial charge in [-0.3, -0.25) is 4.79 Å². The lowest BCUT2D eigenvalue weighted by atomic mass is 9.99. The van der Waals surface area contributed by atoms with Gasteiger partial charge in [0.25, 0.3) is 5.91 Å². The number of aromatic nitrogens is 1. The minimum atomic E-state index is 0.0379. The Labute approximate surface area is 118 Å². The third-order valence-corrected chi connectivity index (χ3v) is 3.78. The summed E-state index contributed by atoms with van der Waals surface area (Å²) in [6.07, 6.45) is 2.56. The molecule has 4 heteroatoms. The van der Waals surface area contributed by atoms with Crippen LogP contribution in [0.15, 0.2) is 48.7 Å². The Morgan fingerprint density at radius 2 is 2.00 bits per heavy atom. The van der Waals surface area contributed by atoms with Crippen molar-refractivity contribution in [2.24, 2.45) is 0 Å². The maximum absolute atomic E-state index is 12.4. The fourth-order valence-corrected chi connectivity index (χ4v) is 2.66. The summed E-state index contributed by atoms with van der Waals surface area (Å²) in [4.78, 5) is 18.3. The van der Waals surface area contributed by atoms with Gasteiger partial charge in [0.2, 0.25) is 0 Å². The van der Waals surface area contributed by atoms with E-state index in [1.807, 2.05) is 23.1 Å². The van der Waals surface area contributed by atoms with E-state index in [-0.39, 0.29) is 5.91 Å². The van der Waals surface area contributed by atoms with Crippen molar-refractivity contribution < 1.29 is 4.79 Å². The smallest absolute Gasteiger partial charge is 0.255 e. The SMILES string of the molecule is Nc1ccc(C(=O)N2CCC(c3ccccc3)C2)cn1. The van der Waals surface area contributed by atoms with Gasteiger partial charge in [0.05, 0.1) is 5.56 Å². The molecule has 0 saturated carbocycles. The molecule has 4 nitrogen and oxygen atoms in total. The molecule has 1 amide bonds. The molecule has 0 spiro atoms. The molecule has 1 fully saturated rings. The van der Waals surface area contributed by atoms with Crippen LogP contribution in [0.5, 0.6) is 0 Å². The lowest BCUT2D eigenvalue weighted by Gasteiger charge is -2.16. The third-order valence-electron chi connectivity index (χ3n) is 3.78. The van der Waals surface area contributed by atoms with E-state index in [1.165, 1.54) is 5.56 Å². The topological polar surface area (TPSA) is 59.2 Å². The summed E-state index contributed by atoms with van der Waals surface area (Å²) in [5.41, 5.74) is 7.45. The van der Waals surface area contributed by atoms with E-state index in [1.54, 1.807) is 18.3 Å². The summed E-state index contributed by atoms with van der Waals surface area (Å²) in [5.74, 6) is 0.906. The van der Waals surface area contributed by atoms with Crippen molar-refractivity contribution in [1.82, 2.24) is 9.88 Å². The highest BCUT2D eigenvalue weighted by atomic mass is 16.2. The van der Waals surface area contributed by atoms with E-state index in [9.17, 15) is 4.79 Å². The number of nitrogens with zero attached hydrogens (tertiary/aromatic N) is 2. The monoisotopic (exact) mass is 267 g/mol. The quantitative estimate of drug-likeness (QED) is 0.908. The molecule has 20 heavy (non-hydrogen) atoms. The van der Waals surface area contributed by atoms with Crippen molar-refractivity contribution in [1.29, 1.82) is 0 Å². The van der Waals surface area contributed by atoms with Crippen LogP contribution in [0.3, 0.4) is 0 Å². The molecule has 3 rings (SSSR count). The lowest BCUT2D eigenvalue weighted by Crippen LogP contribution is -2.28. The molecule has 2 N–H and O–H groups in total. The fourth-order valence-electron chi connectivity index (χ4n) is 2.66. The van der Waals surface area contributed by atoms with E-state index in [4.69, 9.17) is 5.73 Å². The zero-order chi connectivity index (χ0) is 13.9. The third kappa shape index (κ3) is 2.50. The number of rotatable bonds is 2. The predicted molar refractivity (Wildman–Crippen MR) is 78.4 cm³/mol. The number of hydrogen-bond donors (Lipinski definition) is 1. The number of nitrogen functional groups attached to an aromatic ring is 1. The van der Waals surface area contributed by atoms with Gasteiger partial charge in [0.1, 0.15) is 5.82 Å². The first kappa shape index (κ1) is 12.7. The summed E-state index contributed by atoms with van der Waals surface area (Å²) in [7, 11) is 0. The molecule has 1 atom stereocenters. The Morgan fingerprint density at radius 3 is 2.70 bits per heavy atom. The van der Waals surface area contributed by atoms with Gasteiger partial charge in [0, 0.05) is 25.2 Å². The number of carbonyl (C=O) groups is 1. The fraction of sp³-hybridized carbons (Fsp3) is 0.250. The minimum absolute atomic E-state index is 0.0379. The number of hydrogen-bond acceptors (Lipinski definition) is 3. The second-order valence-electron chi connectivity index (χ2n) is 5.12. The van der Waals surface area contributed by atoms with Gasteiger partial charge in [-0.2, -0.15) is 0 Å². The number of anilines is 1. The molecule has 0 aliphatic carbocycles. The zero-order valence-electron chi connectivity index (χ0n) is 11.2. The first-order valence-electron chi connectivity index (χ1n) is 6.80. The Bertz CT molecular complexity index is 595. The maximum atomic E-state index is 12.4. The van der Waals surface area contributed by atoms with Crippen LogP contribution in [0.1, 0.15) is 28.3 Å². The molecular weight excluding hydrogens is 250 g/mol. The van der Waals surface area contributed by atoms with Crippen LogP contribution < -0.4 is 5.73 Å². The largest absolute Gasteiger partial charge is 0.384 e. The molecule has 0 bridgehead atoms. The molecule has 102 valence electrons. The highest BCUT2D eigenvalue weighted by molar-refractivity contribution is 5.94. The molecule has 1 aromatic carbocycles. The van der Waals surface area contributed by atoms with Gasteiger partial charge in [-0.15, -0.1) is 0 Å². The molecule has 1 saturated heterocycles. The summed E-state index contributed by atoms with van der Waals surface area (Å²) in [6.45, 7) is 1.57. The van der Waals surface area contributed by atoms with Crippen LogP contribution in [0.4, 0.5) is 5.82 Å². The van der Waals surface area contributed by atoms with E-state index in [0.29, 0.717) is 17.3 Å². The first-order chi connectivity index (χ1) is 9.74. The summed E-state index contributed by atoms with van der Waals surface area (Å²) in [5, 5.41) is 0. The Balaban J connectivity index is 1.71. The van der Waals surface area contributed by atoms with Crippen molar-refractivity contribution in [2.45, 2.75) is 12.3 Å². The van der Waals surface area contributed by atoms with Crippen LogP contribution in [0.25, 0.3) is 0 Å². The van der Waals surface area contributed by atoms with E-state index in [0.717, 1.165) is 19.5 Å². The zero-order valence-corrected chi connectivity index (χ0v) is 11.2. The normalized spacial score (nSPS) is 18.2. The number of benzene rings is 1. The molecule has 1 unspecified atom stereocenters. The number of nitrogens with two attached hydrogens (primary N) is 1. The second kappa shape index (κ2) is 5.33. The van der Waals surface area contributed by atoms with Crippen LogP contribution in [0, 0.1) is 0 Å². The Morgan fingerprint density at radius 1 is 1.20 bits per heavy atom. The second-order valence-corrected chi connectivity index (χ2v) is 5.12. The Hall–Kier alpha value is -2.36. The van der Waals surface area contributed by atoms with E-state index >= 15 is 0 Å². The molecule has 1 aliphatic rings. The van der Waals surface area contributed by atoms with Gasteiger partial charge >= 0.3 is 0 Å². The minimum Gasteiger partial charge on any atom is -0.384 e. The van der Waals surface area contributed by atoms with Gasteiger partial charge < -0.3 is 10.6 Å². The van der Waals surface area contributed by atoms with E-state index in [2.05, 4.69) is 17.1 Å². The Kier molecular flexibility index (Phi) is 3.37. The molecule has 1 aliphatic heterocycles. The number of amides is 1. The average molecular weight is 267 g/mol. The highest BCUT2D eigenvalue weighted by Gasteiger charge is 2.27. The summed E-state index contributed by atoms with van der Waals surface area (Å²) in [6, 6.07) is 13.8. The highest BCUT2D eigenvalue weighted by Crippen LogP contribution is 2.27. The molecule has 2 heterocycles. The molecule has 2 aromatic rings. The summed E-state index contributed by atoms with van der Waals surface area (Å²) >= 11 is 0. The standard InChI is InChI=1S/C16H17N3O/c17-15-7-6-13(10-18-15)16(20)19-9-8-14(11-19)12-4-2-1-3-5-12/h1-7,10,14H,8-9,11H2,(H2,17,18). The van der Waals surface area contributed by atoms with Crippen molar-refractivity contribution in [3.63, 3.8) is 0 Å². The van der Waals surface area contributed by atoms with Crippen molar-refractivity contribution in [3.8, 4) is 0 Å². The lowest BCUT2D eigenvalue weighted by molar-refractivity contribution is 0.0790. The number of pyridine rings is 1. The van der Waals surface area contributed by atoms with Crippen molar-refractivity contribution >= 4 is 11.7 Å².